The van der Waals surface area contributed by atoms with Crippen molar-refractivity contribution in [2.24, 2.45) is 5.92 Å². The van der Waals surface area contributed by atoms with Crippen LogP contribution in [-0.4, -0.2) is 5.38 Å². The lowest BCUT2D eigenvalue weighted by Crippen LogP contribution is -2.06. The van der Waals surface area contributed by atoms with Gasteiger partial charge in [-0.25, -0.2) is 0 Å². The second-order valence-electron chi connectivity index (χ2n) is 4.70. The standard InChI is InChI=1S/C14H21Cl/c1-11(2)8-9-14(15)10-13-7-5-4-6-12(13)3/h4-7,11,14H,8-10H2,1-3H3. The topological polar surface area (TPSA) is 0 Å². The molecule has 84 valence electrons. The van der Waals surface area contributed by atoms with Crippen LogP contribution >= 0.6 is 11.6 Å². The van der Waals surface area contributed by atoms with Crippen LogP contribution in [0.15, 0.2) is 24.3 Å². The Balaban J connectivity index is 2.44. The van der Waals surface area contributed by atoms with Crippen molar-refractivity contribution < 1.29 is 0 Å². The van der Waals surface area contributed by atoms with Crippen LogP contribution in [0.3, 0.4) is 0 Å². The van der Waals surface area contributed by atoms with Gasteiger partial charge in [-0.3, -0.25) is 0 Å². The van der Waals surface area contributed by atoms with Gasteiger partial charge in [0.2, 0.25) is 0 Å². The minimum absolute atomic E-state index is 0.286. The van der Waals surface area contributed by atoms with Gasteiger partial charge in [0, 0.05) is 5.38 Å². The molecule has 0 fully saturated rings. The third kappa shape index (κ3) is 4.70. The Hall–Kier alpha value is -0.490. The maximum absolute atomic E-state index is 6.33. The number of rotatable bonds is 5. The number of hydrogen-bond acceptors (Lipinski definition) is 0. The van der Waals surface area contributed by atoms with Crippen LogP contribution in [-0.2, 0) is 6.42 Å². The van der Waals surface area contributed by atoms with E-state index in [-0.39, 0.29) is 5.38 Å². The molecule has 1 unspecified atom stereocenters. The first-order valence-electron chi connectivity index (χ1n) is 5.78. The van der Waals surface area contributed by atoms with Crippen LogP contribution in [0.25, 0.3) is 0 Å². The third-order valence-electron chi connectivity index (χ3n) is 2.76. The Morgan fingerprint density at radius 3 is 2.40 bits per heavy atom. The van der Waals surface area contributed by atoms with E-state index in [1.165, 1.54) is 17.5 Å². The highest BCUT2D eigenvalue weighted by Crippen LogP contribution is 2.18. The first-order valence-corrected chi connectivity index (χ1v) is 6.22. The SMILES string of the molecule is Cc1ccccc1CC(Cl)CCC(C)C. The lowest BCUT2D eigenvalue weighted by molar-refractivity contribution is 0.541. The minimum atomic E-state index is 0.286. The first-order chi connectivity index (χ1) is 7.09. The quantitative estimate of drug-likeness (QED) is 0.643. The van der Waals surface area contributed by atoms with Gasteiger partial charge in [-0.15, -0.1) is 11.6 Å². The molecule has 0 aliphatic rings. The summed E-state index contributed by atoms with van der Waals surface area (Å²) in [4.78, 5) is 0. The largest absolute Gasteiger partial charge is 0.123 e. The van der Waals surface area contributed by atoms with E-state index in [9.17, 15) is 0 Å². The molecule has 0 heterocycles. The summed E-state index contributed by atoms with van der Waals surface area (Å²) >= 11 is 6.33. The molecule has 0 N–H and O–H groups in total. The van der Waals surface area contributed by atoms with Crippen LogP contribution in [0.4, 0.5) is 0 Å². The van der Waals surface area contributed by atoms with Crippen LogP contribution < -0.4 is 0 Å². The fourth-order valence-electron chi connectivity index (χ4n) is 1.69. The van der Waals surface area contributed by atoms with Gasteiger partial charge in [-0.1, -0.05) is 38.1 Å². The number of hydrogen-bond donors (Lipinski definition) is 0. The summed E-state index contributed by atoms with van der Waals surface area (Å²) < 4.78 is 0. The Kier molecular flexibility index (Phi) is 5.17. The minimum Gasteiger partial charge on any atom is -0.123 e. The molecule has 1 atom stereocenters. The molecule has 1 heteroatoms. The highest BCUT2D eigenvalue weighted by atomic mass is 35.5. The summed E-state index contributed by atoms with van der Waals surface area (Å²) in [7, 11) is 0. The van der Waals surface area contributed by atoms with Gasteiger partial charge in [0.15, 0.2) is 0 Å². The van der Waals surface area contributed by atoms with Crippen molar-refractivity contribution in [1.29, 1.82) is 0 Å². The molecule has 0 bridgehead atoms. The molecule has 15 heavy (non-hydrogen) atoms. The van der Waals surface area contributed by atoms with Crippen molar-refractivity contribution in [3.05, 3.63) is 35.4 Å². The summed E-state index contributed by atoms with van der Waals surface area (Å²) in [5, 5.41) is 0.286. The molecule has 0 saturated carbocycles. The number of aryl methyl sites for hydroxylation is 1. The number of alkyl halides is 1. The van der Waals surface area contributed by atoms with E-state index >= 15 is 0 Å². The maximum Gasteiger partial charge on any atom is 0.0376 e. The van der Waals surface area contributed by atoms with Gasteiger partial charge < -0.3 is 0 Å². The second kappa shape index (κ2) is 6.17. The highest BCUT2D eigenvalue weighted by Gasteiger charge is 2.08. The molecule has 1 aromatic rings. The Morgan fingerprint density at radius 2 is 1.80 bits per heavy atom. The van der Waals surface area contributed by atoms with Gasteiger partial charge in [0.25, 0.3) is 0 Å². The molecule has 0 radical (unpaired) electrons. The number of halogens is 1. The maximum atomic E-state index is 6.33. The molecule has 0 nitrogen and oxygen atoms in total. The predicted molar refractivity (Wildman–Crippen MR) is 68.6 cm³/mol. The van der Waals surface area contributed by atoms with Crippen molar-refractivity contribution in [2.75, 3.05) is 0 Å². The van der Waals surface area contributed by atoms with E-state index in [1.54, 1.807) is 0 Å². The van der Waals surface area contributed by atoms with E-state index in [1.807, 2.05) is 0 Å². The van der Waals surface area contributed by atoms with Crippen molar-refractivity contribution >= 4 is 11.6 Å². The molecule has 1 aromatic carbocycles. The Morgan fingerprint density at radius 1 is 1.13 bits per heavy atom. The zero-order valence-electron chi connectivity index (χ0n) is 9.96. The summed E-state index contributed by atoms with van der Waals surface area (Å²) in [6, 6.07) is 8.51. The summed E-state index contributed by atoms with van der Waals surface area (Å²) in [5.41, 5.74) is 2.74. The highest BCUT2D eigenvalue weighted by molar-refractivity contribution is 6.20. The summed E-state index contributed by atoms with van der Waals surface area (Å²) in [6.45, 7) is 6.65. The van der Waals surface area contributed by atoms with Crippen molar-refractivity contribution in [3.63, 3.8) is 0 Å². The van der Waals surface area contributed by atoms with Crippen LogP contribution in [0.5, 0.6) is 0 Å². The van der Waals surface area contributed by atoms with Gasteiger partial charge in [-0.05, 0) is 43.2 Å². The summed E-state index contributed by atoms with van der Waals surface area (Å²) in [5.74, 6) is 0.753. The monoisotopic (exact) mass is 224 g/mol. The van der Waals surface area contributed by atoms with Crippen molar-refractivity contribution in [3.8, 4) is 0 Å². The van der Waals surface area contributed by atoms with E-state index < -0.39 is 0 Å². The second-order valence-corrected chi connectivity index (χ2v) is 5.32. The summed E-state index contributed by atoms with van der Waals surface area (Å²) in [6.07, 6.45) is 3.34. The van der Waals surface area contributed by atoms with E-state index in [0.717, 1.165) is 18.8 Å². The molecular formula is C14H21Cl. The average Bonchev–Trinajstić information content (AvgIpc) is 2.18. The van der Waals surface area contributed by atoms with Crippen LogP contribution in [0.1, 0.15) is 37.8 Å². The Bertz CT molecular complexity index is 291. The normalized spacial score (nSPS) is 13.1. The van der Waals surface area contributed by atoms with Crippen LogP contribution in [0, 0.1) is 12.8 Å². The van der Waals surface area contributed by atoms with Gasteiger partial charge >= 0.3 is 0 Å². The Labute approximate surface area is 98.7 Å². The van der Waals surface area contributed by atoms with E-state index in [2.05, 4.69) is 45.0 Å². The zero-order valence-corrected chi connectivity index (χ0v) is 10.7. The molecular weight excluding hydrogens is 204 g/mol. The van der Waals surface area contributed by atoms with Crippen molar-refractivity contribution in [1.82, 2.24) is 0 Å². The first kappa shape index (κ1) is 12.6. The fourth-order valence-corrected chi connectivity index (χ4v) is 1.99. The molecule has 0 aliphatic heterocycles. The molecule has 0 aliphatic carbocycles. The van der Waals surface area contributed by atoms with Crippen molar-refractivity contribution in [2.45, 2.75) is 45.4 Å². The zero-order chi connectivity index (χ0) is 11.3. The molecule has 0 aromatic heterocycles. The molecule has 0 saturated heterocycles. The van der Waals surface area contributed by atoms with Gasteiger partial charge in [0.05, 0.1) is 0 Å². The fraction of sp³-hybridized carbons (Fsp3) is 0.571. The molecule has 1 rings (SSSR count). The smallest absolute Gasteiger partial charge is 0.0376 e. The van der Waals surface area contributed by atoms with Gasteiger partial charge in [0.1, 0.15) is 0 Å². The number of benzene rings is 1. The molecule has 0 spiro atoms. The van der Waals surface area contributed by atoms with Gasteiger partial charge in [-0.2, -0.15) is 0 Å². The lowest BCUT2D eigenvalue weighted by atomic mass is 9.99. The predicted octanol–water partition coefficient (Wildman–Crippen LogP) is 4.58. The van der Waals surface area contributed by atoms with E-state index in [0.29, 0.717) is 0 Å². The molecule has 0 amide bonds. The average molecular weight is 225 g/mol. The van der Waals surface area contributed by atoms with Crippen LogP contribution in [0.2, 0.25) is 0 Å². The lowest BCUT2D eigenvalue weighted by Gasteiger charge is -2.12. The van der Waals surface area contributed by atoms with E-state index in [4.69, 9.17) is 11.6 Å². The third-order valence-corrected chi connectivity index (χ3v) is 3.13.